The Kier molecular flexibility index (Phi) is 4.44. The molecule has 1 heterocycles. The molecule has 1 aromatic heterocycles. The number of amides is 1. The minimum Gasteiger partial charge on any atom is -0.481 e. The van der Waals surface area contributed by atoms with Gasteiger partial charge in [0.25, 0.3) is 0 Å². The van der Waals surface area contributed by atoms with Crippen molar-refractivity contribution in [3.05, 3.63) is 60.1 Å². The number of pyridine rings is 1. The molecule has 0 aliphatic rings. The van der Waals surface area contributed by atoms with E-state index >= 15 is 0 Å². The minimum atomic E-state index is -0.373. The van der Waals surface area contributed by atoms with Gasteiger partial charge in [-0.3, -0.25) is 4.79 Å². The van der Waals surface area contributed by atoms with Crippen LogP contribution in [-0.2, 0) is 4.79 Å². The van der Waals surface area contributed by atoms with Crippen LogP contribution in [-0.4, -0.2) is 18.0 Å². The summed E-state index contributed by atoms with van der Waals surface area (Å²) in [6.45, 7) is 0. The molecule has 2 aromatic rings. The normalized spacial score (nSPS) is 10.5. The average Bonchev–Trinajstić information content (AvgIpc) is 2.47. The number of carbonyl (C=O) groups excluding carboxylic acids is 1. The Labute approximate surface area is 115 Å². The van der Waals surface area contributed by atoms with Gasteiger partial charge in [-0.25, -0.2) is 9.37 Å². The maximum absolute atomic E-state index is 13.3. The van der Waals surface area contributed by atoms with Crippen molar-refractivity contribution in [1.82, 2.24) is 4.98 Å². The molecule has 0 unspecified atom stereocenters. The lowest BCUT2D eigenvalue weighted by atomic mass is 10.2. The van der Waals surface area contributed by atoms with Gasteiger partial charge in [0, 0.05) is 17.7 Å². The van der Waals surface area contributed by atoms with Gasteiger partial charge in [0.1, 0.15) is 5.82 Å². The summed E-state index contributed by atoms with van der Waals surface area (Å²) in [4.78, 5) is 15.6. The zero-order chi connectivity index (χ0) is 14.4. The van der Waals surface area contributed by atoms with E-state index in [1.165, 1.54) is 31.5 Å². The maximum atomic E-state index is 13.3. The molecule has 0 aliphatic carbocycles. The van der Waals surface area contributed by atoms with Crippen LogP contribution >= 0.6 is 0 Å². The van der Waals surface area contributed by atoms with Gasteiger partial charge in [0.15, 0.2) is 0 Å². The van der Waals surface area contributed by atoms with Crippen molar-refractivity contribution in [2.75, 3.05) is 12.4 Å². The number of hydrogen-bond donors (Lipinski definition) is 1. The summed E-state index contributed by atoms with van der Waals surface area (Å²) in [5.41, 5.74) is 0.893. The zero-order valence-electron chi connectivity index (χ0n) is 10.8. The van der Waals surface area contributed by atoms with E-state index in [1.807, 2.05) is 0 Å². The molecule has 0 atom stereocenters. The van der Waals surface area contributed by atoms with Crippen LogP contribution in [0.2, 0.25) is 0 Å². The lowest BCUT2D eigenvalue weighted by Crippen LogP contribution is -2.08. The van der Waals surface area contributed by atoms with Gasteiger partial charge < -0.3 is 10.1 Å². The van der Waals surface area contributed by atoms with E-state index in [-0.39, 0.29) is 11.7 Å². The SMILES string of the molecule is COc1ccc(NC(=O)/C=C/c2ccccc2F)cn1. The standard InChI is InChI=1S/C15H13FN2O2/c1-20-15-9-7-12(10-17-15)18-14(19)8-6-11-4-2-3-5-13(11)16/h2-10H,1H3,(H,18,19)/b8-6+. The van der Waals surface area contributed by atoms with Gasteiger partial charge in [0.2, 0.25) is 11.8 Å². The molecule has 0 aliphatic heterocycles. The van der Waals surface area contributed by atoms with E-state index < -0.39 is 0 Å². The monoisotopic (exact) mass is 272 g/mol. The molecular weight excluding hydrogens is 259 g/mol. The minimum absolute atomic E-state index is 0.357. The van der Waals surface area contributed by atoms with Gasteiger partial charge in [0.05, 0.1) is 19.0 Å². The molecule has 20 heavy (non-hydrogen) atoms. The van der Waals surface area contributed by atoms with E-state index in [0.717, 1.165) is 0 Å². The Morgan fingerprint density at radius 3 is 2.75 bits per heavy atom. The van der Waals surface area contributed by atoms with Crippen LogP contribution in [0.3, 0.4) is 0 Å². The summed E-state index contributed by atoms with van der Waals surface area (Å²) in [7, 11) is 1.51. The van der Waals surface area contributed by atoms with Gasteiger partial charge in [-0.15, -0.1) is 0 Å². The van der Waals surface area contributed by atoms with Crippen LogP contribution < -0.4 is 10.1 Å². The van der Waals surface area contributed by atoms with Crippen molar-refractivity contribution < 1.29 is 13.9 Å². The number of halogens is 1. The van der Waals surface area contributed by atoms with Crippen molar-refractivity contribution >= 4 is 17.7 Å². The number of ether oxygens (including phenoxy) is 1. The highest BCUT2D eigenvalue weighted by Crippen LogP contribution is 2.12. The predicted octanol–water partition coefficient (Wildman–Crippen LogP) is 2.88. The number of methoxy groups -OCH3 is 1. The summed E-state index contributed by atoms with van der Waals surface area (Å²) < 4.78 is 18.3. The van der Waals surface area contributed by atoms with Crippen molar-refractivity contribution in [1.29, 1.82) is 0 Å². The third-order valence-corrected chi connectivity index (χ3v) is 2.53. The molecule has 1 aromatic carbocycles. The van der Waals surface area contributed by atoms with Crippen molar-refractivity contribution in [2.45, 2.75) is 0 Å². The first-order valence-electron chi connectivity index (χ1n) is 5.92. The molecule has 0 saturated carbocycles. The van der Waals surface area contributed by atoms with Crippen LogP contribution in [0.25, 0.3) is 6.08 Å². The average molecular weight is 272 g/mol. The van der Waals surface area contributed by atoms with Gasteiger partial charge in [-0.05, 0) is 18.2 Å². The highest BCUT2D eigenvalue weighted by molar-refractivity contribution is 6.01. The molecule has 1 amide bonds. The molecule has 0 saturated heterocycles. The third kappa shape index (κ3) is 3.65. The molecule has 0 spiro atoms. The first-order valence-corrected chi connectivity index (χ1v) is 5.92. The lowest BCUT2D eigenvalue weighted by molar-refractivity contribution is -0.111. The number of hydrogen-bond acceptors (Lipinski definition) is 3. The first kappa shape index (κ1) is 13.7. The lowest BCUT2D eigenvalue weighted by Gasteiger charge is -2.03. The summed E-state index contributed by atoms with van der Waals surface area (Å²) >= 11 is 0. The van der Waals surface area contributed by atoms with Crippen LogP contribution in [0.15, 0.2) is 48.7 Å². The van der Waals surface area contributed by atoms with E-state index in [9.17, 15) is 9.18 Å². The highest BCUT2D eigenvalue weighted by atomic mass is 19.1. The Morgan fingerprint density at radius 1 is 1.30 bits per heavy atom. The molecule has 0 fully saturated rings. The van der Waals surface area contributed by atoms with E-state index in [2.05, 4.69) is 10.3 Å². The molecule has 0 radical (unpaired) electrons. The maximum Gasteiger partial charge on any atom is 0.248 e. The molecule has 5 heteroatoms. The number of anilines is 1. The first-order chi connectivity index (χ1) is 9.69. The number of rotatable bonds is 4. The molecular formula is C15H13FN2O2. The second-order valence-electron chi connectivity index (χ2n) is 3.93. The fourth-order valence-electron chi connectivity index (χ4n) is 1.53. The van der Waals surface area contributed by atoms with Crippen LogP contribution in [0.5, 0.6) is 5.88 Å². The predicted molar refractivity (Wildman–Crippen MR) is 74.9 cm³/mol. The molecule has 1 N–H and O–H groups in total. The second-order valence-corrected chi connectivity index (χ2v) is 3.93. The molecule has 0 bridgehead atoms. The quantitative estimate of drug-likeness (QED) is 0.871. The van der Waals surface area contributed by atoms with Crippen LogP contribution in [0, 0.1) is 5.82 Å². The van der Waals surface area contributed by atoms with E-state index in [1.54, 1.807) is 30.3 Å². The zero-order valence-corrected chi connectivity index (χ0v) is 10.8. The van der Waals surface area contributed by atoms with Crippen LogP contribution in [0.1, 0.15) is 5.56 Å². The number of benzene rings is 1. The number of carbonyl (C=O) groups is 1. The molecule has 4 nitrogen and oxygen atoms in total. The number of aromatic nitrogens is 1. The van der Waals surface area contributed by atoms with E-state index in [4.69, 9.17) is 4.74 Å². The van der Waals surface area contributed by atoms with Crippen molar-refractivity contribution in [3.63, 3.8) is 0 Å². The van der Waals surface area contributed by atoms with Crippen molar-refractivity contribution in [2.24, 2.45) is 0 Å². The fourth-order valence-corrected chi connectivity index (χ4v) is 1.53. The summed E-state index contributed by atoms with van der Waals surface area (Å²) in [6, 6.07) is 9.53. The molecule has 2 rings (SSSR count). The van der Waals surface area contributed by atoms with Crippen LogP contribution in [0.4, 0.5) is 10.1 Å². The summed E-state index contributed by atoms with van der Waals surface area (Å²) in [5.74, 6) is -0.271. The Morgan fingerprint density at radius 2 is 2.10 bits per heavy atom. The summed E-state index contributed by atoms with van der Waals surface area (Å²) in [5, 5.41) is 2.62. The Hall–Kier alpha value is -2.69. The van der Waals surface area contributed by atoms with E-state index in [0.29, 0.717) is 17.1 Å². The van der Waals surface area contributed by atoms with Gasteiger partial charge in [-0.2, -0.15) is 0 Å². The second kappa shape index (κ2) is 6.47. The fraction of sp³-hybridized carbons (Fsp3) is 0.0667. The highest BCUT2D eigenvalue weighted by Gasteiger charge is 2.00. The van der Waals surface area contributed by atoms with Gasteiger partial charge >= 0.3 is 0 Å². The Balaban J connectivity index is 2.00. The smallest absolute Gasteiger partial charge is 0.248 e. The number of nitrogens with zero attached hydrogens (tertiary/aromatic N) is 1. The van der Waals surface area contributed by atoms with Gasteiger partial charge in [-0.1, -0.05) is 18.2 Å². The van der Waals surface area contributed by atoms with Crippen molar-refractivity contribution in [3.8, 4) is 5.88 Å². The topological polar surface area (TPSA) is 51.2 Å². The summed E-state index contributed by atoms with van der Waals surface area (Å²) in [6.07, 6.45) is 4.16. The largest absolute Gasteiger partial charge is 0.481 e. The molecule has 102 valence electrons. The Bertz CT molecular complexity index is 624. The number of nitrogens with one attached hydrogen (secondary N) is 1. The third-order valence-electron chi connectivity index (χ3n) is 2.53.